The Bertz CT molecular complexity index is 419. The van der Waals surface area contributed by atoms with Gasteiger partial charge in [0.25, 0.3) is 0 Å². The number of rotatable bonds is 4. The van der Waals surface area contributed by atoms with Gasteiger partial charge in [-0.2, -0.15) is 0 Å². The minimum absolute atomic E-state index is 0.312. The Balaban J connectivity index is 2.16. The van der Waals surface area contributed by atoms with E-state index in [-0.39, 0.29) is 0 Å². The normalized spacial score (nSPS) is 23.6. The molecular formula is C16H24ClNO. The predicted octanol–water partition coefficient (Wildman–Crippen LogP) is 4.90. The van der Waals surface area contributed by atoms with Gasteiger partial charge in [0.15, 0.2) is 0 Å². The van der Waals surface area contributed by atoms with Crippen molar-refractivity contribution in [1.29, 1.82) is 0 Å². The lowest BCUT2D eigenvalue weighted by Crippen LogP contribution is -2.28. The van der Waals surface area contributed by atoms with E-state index in [9.17, 15) is 0 Å². The molecule has 0 saturated heterocycles. The Hall–Kier alpha value is -0.760. The molecule has 0 bridgehead atoms. The van der Waals surface area contributed by atoms with Crippen LogP contribution in [0.5, 0.6) is 5.88 Å². The first kappa shape index (κ1) is 14.6. The Labute approximate surface area is 121 Å². The number of hydrogen-bond donors (Lipinski definition) is 0. The number of halogens is 1. The van der Waals surface area contributed by atoms with Gasteiger partial charge in [0.2, 0.25) is 5.88 Å². The molecule has 106 valence electrons. The van der Waals surface area contributed by atoms with E-state index in [1.165, 1.54) is 19.3 Å². The molecule has 0 aromatic carbocycles. The third kappa shape index (κ3) is 3.85. The van der Waals surface area contributed by atoms with Gasteiger partial charge in [0.1, 0.15) is 6.10 Å². The van der Waals surface area contributed by atoms with Crippen LogP contribution < -0.4 is 4.74 Å². The van der Waals surface area contributed by atoms with Gasteiger partial charge >= 0.3 is 0 Å². The smallest absolute Gasteiger partial charge is 0.214 e. The fourth-order valence-corrected chi connectivity index (χ4v) is 2.78. The minimum Gasteiger partial charge on any atom is -0.474 e. The van der Waals surface area contributed by atoms with Crippen molar-refractivity contribution in [2.24, 2.45) is 5.92 Å². The lowest BCUT2D eigenvalue weighted by atomic mass is 9.88. The number of aromatic nitrogens is 1. The monoisotopic (exact) mass is 281 g/mol. The maximum Gasteiger partial charge on any atom is 0.214 e. The third-order valence-corrected chi connectivity index (χ3v) is 4.24. The van der Waals surface area contributed by atoms with Gasteiger partial charge in [-0.05, 0) is 42.7 Å². The first-order valence-electron chi connectivity index (χ1n) is 7.33. The molecule has 0 N–H and O–H groups in total. The van der Waals surface area contributed by atoms with Crippen molar-refractivity contribution < 1.29 is 4.74 Å². The molecule has 0 radical (unpaired) electrons. The fraction of sp³-hybridized carbons (Fsp3) is 0.688. The summed E-state index contributed by atoms with van der Waals surface area (Å²) in [6, 6.07) is 4.06. The van der Waals surface area contributed by atoms with Crippen molar-refractivity contribution in [3.63, 3.8) is 0 Å². The predicted molar refractivity (Wildman–Crippen MR) is 79.9 cm³/mol. The third-order valence-electron chi connectivity index (χ3n) is 3.93. The minimum atomic E-state index is 0.312. The zero-order valence-electron chi connectivity index (χ0n) is 12.2. The average molecular weight is 282 g/mol. The summed E-state index contributed by atoms with van der Waals surface area (Å²) < 4.78 is 6.13. The zero-order chi connectivity index (χ0) is 13.8. The van der Waals surface area contributed by atoms with Crippen LogP contribution >= 0.6 is 11.6 Å². The molecule has 2 atom stereocenters. The molecular weight excluding hydrogens is 258 g/mol. The van der Waals surface area contributed by atoms with Gasteiger partial charge in [0.05, 0.1) is 0 Å². The van der Waals surface area contributed by atoms with Gasteiger partial charge in [-0.1, -0.05) is 27.2 Å². The standard InChI is InChI=1S/C16H24ClNO/c1-11(2)14-8-13(10-17)9-16(18-14)19-15-7-5-4-6-12(15)3/h8-9,11-12,15H,4-7,10H2,1-3H3. The molecule has 3 heteroatoms. The molecule has 1 saturated carbocycles. The number of alkyl halides is 1. The summed E-state index contributed by atoms with van der Waals surface area (Å²) in [6.45, 7) is 6.57. The lowest BCUT2D eigenvalue weighted by Gasteiger charge is -2.29. The van der Waals surface area contributed by atoms with E-state index < -0.39 is 0 Å². The molecule has 0 spiro atoms. The van der Waals surface area contributed by atoms with Crippen LogP contribution in [0.4, 0.5) is 0 Å². The SMILES string of the molecule is CC(C)c1cc(CCl)cc(OC2CCCCC2C)n1. The van der Waals surface area contributed by atoms with Crippen LogP contribution in [0.2, 0.25) is 0 Å². The molecule has 1 heterocycles. The highest BCUT2D eigenvalue weighted by Gasteiger charge is 2.23. The summed E-state index contributed by atoms with van der Waals surface area (Å²) in [5.41, 5.74) is 2.16. The molecule has 1 aliphatic rings. The van der Waals surface area contributed by atoms with Crippen molar-refractivity contribution in [2.45, 2.75) is 64.4 Å². The Morgan fingerprint density at radius 2 is 2.05 bits per heavy atom. The van der Waals surface area contributed by atoms with Crippen molar-refractivity contribution >= 4 is 11.6 Å². The highest BCUT2D eigenvalue weighted by atomic mass is 35.5. The molecule has 0 aliphatic heterocycles. The van der Waals surface area contributed by atoms with Crippen LogP contribution in [-0.2, 0) is 5.88 Å². The maximum atomic E-state index is 6.13. The zero-order valence-corrected chi connectivity index (χ0v) is 12.9. The van der Waals surface area contributed by atoms with Gasteiger partial charge in [0, 0.05) is 17.6 Å². The Kier molecular flexibility index (Phi) is 5.09. The topological polar surface area (TPSA) is 22.1 Å². The van der Waals surface area contributed by atoms with Crippen LogP contribution in [-0.4, -0.2) is 11.1 Å². The maximum absolute atomic E-state index is 6.13. The van der Waals surface area contributed by atoms with E-state index >= 15 is 0 Å². The molecule has 2 unspecified atom stereocenters. The summed E-state index contributed by atoms with van der Waals surface area (Å²) in [7, 11) is 0. The second-order valence-electron chi connectivity index (χ2n) is 5.94. The van der Waals surface area contributed by atoms with E-state index in [2.05, 4.69) is 31.8 Å². The summed E-state index contributed by atoms with van der Waals surface area (Å²) in [4.78, 5) is 4.63. The molecule has 1 aromatic rings. The van der Waals surface area contributed by atoms with Crippen LogP contribution in [0.1, 0.15) is 63.6 Å². The average Bonchev–Trinajstić information content (AvgIpc) is 2.41. The summed E-state index contributed by atoms with van der Waals surface area (Å²) in [6.07, 6.45) is 5.31. The molecule has 2 rings (SSSR count). The van der Waals surface area contributed by atoms with Crippen LogP contribution in [0.25, 0.3) is 0 Å². The van der Waals surface area contributed by atoms with Gasteiger partial charge in [-0.25, -0.2) is 4.98 Å². The lowest BCUT2D eigenvalue weighted by molar-refractivity contribution is 0.0972. The Morgan fingerprint density at radius 1 is 1.32 bits per heavy atom. The fourth-order valence-electron chi connectivity index (χ4n) is 2.63. The van der Waals surface area contributed by atoms with Crippen LogP contribution in [0, 0.1) is 5.92 Å². The van der Waals surface area contributed by atoms with Crippen LogP contribution in [0.3, 0.4) is 0 Å². The first-order valence-corrected chi connectivity index (χ1v) is 7.87. The molecule has 19 heavy (non-hydrogen) atoms. The molecule has 1 aliphatic carbocycles. The first-order chi connectivity index (χ1) is 9.10. The van der Waals surface area contributed by atoms with Gasteiger partial charge < -0.3 is 4.74 Å². The van der Waals surface area contributed by atoms with E-state index in [0.29, 0.717) is 23.8 Å². The molecule has 0 amide bonds. The number of hydrogen-bond acceptors (Lipinski definition) is 2. The van der Waals surface area contributed by atoms with E-state index in [1.807, 2.05) is 6.07 Å². The van der Waals surface area contributed by atoms with Crippen molar-refractivity contribution in [3.05, 3.63) is 23.4 Å². The van der Waals surface area contributed by atoms with E-state index in [1.54, 1.807) is 0 Å². The number of ether oxygens (including phenoxy) is 1. The van der Waals surface area contributed by atoms with Crippen molar-refractivity contribution in [3.8, 4) is 5.88 Å². The second-order valence-corrected chi connectivity index (χ2v) is 6.21. The largest absolute Gasteiger partial charge is 0.474 e. The van der Waals surface area contributed by atoms with Crippen LogP contribution in [0.15, 0.2) is 12.1 Å². The van der Waals surface area contributed by atoms with Crippen molar-refractivity contribution in [1.82, 2.24) is 4.98 Å². The number of nitrogens with zero attached hydrogens (tertiary/aromatic N) is 1. The molecule has 1 aromatic heterocycles. The summed E-state index contributed by atoms with van der Waals surface area (Å²) >= 11 is 5.96. The Morgan fingerprint density at radius 3 is 2.68 bits per heavy atom. The highest BCUT2D eigenvalue weighted by molar-refractivity contribution is 6.17. The summed E-state index contributed by atoms with van der Waals surface area (Å²) in [5.74, 6) is 2.28. The summed E-state index contributed by atoms with van der Waals surface area (Å²) in [5, 5.41) is 0. The second kappa shape index (κ2) is 6.60. The van der Waals surface area contributed by atoms with Crippen molar-refractivity contribution in [2.75, 3.05) is 0 Å². The van der Waals surface area contributed by atoms with Gasteiger partial charge in [-0.3, -0.25) is 0 Å². The highest BCUT2D eigenvalue weighted by Crippen LogP contribution is 2.28. The van der Waals surface area contributed by atoms with E-state index in [4.69, 9.17) is 16.3 Å². The molecule has 2 nitrogen and oxygen atoms in total. The molecule has 1 fully saturated rings. The quantitative estimate of drug-likeness (QED) is 0.732. The number of pyridine rings is 1. The van der Waals surface area contributed by atoms with Gasteiger partial charge in [-0.15, -0.1) is 11.6 Å². The van der Waals surface area contributed by atoms with E-state index in [0.717, 1.165) is 23.6 Å².